The van der Waals surface area contributed by atoms with E-state index in [2.05, 4.69) is 41.6 Å². The molecule has 2 aromatic heterocycles. The molecule has 0 radical (unpaired) electrons. The van der Waals surface area contributed by atoms with Crippen LogP contribution in [-0.4, -0.2) is 33.7 Å². The largest absolute Gasteiger partial charge is 0.467 e. The van der Waals surface area contributed by atoms with Crippen LogP contribution in [0, 0.1) is 6.92 Å². The number of carbonyl (C=O) groups excluding carboxylic acids is 1. The van der Waals surface area contributed by atoms with Gasteiger partial charge in [0.15, 0.2) is 5.69 Å². The topological polar surface area (TPSA) is 63.3 Å². The Bertz CT molecular complexity index is 990. The Hall–Kier alpha value is -2.86. The van der Waals surface area contributed by atoms with Crippen LogP contribution in [0.5, 0.6) is 0 Å². The lowest BCUT2D eigenvalue weighted by Gasteiger charge is -2.25. The van der Waals surface area contributed by atoms with Crippen molar-refractivity contribution in [3.05, 3.63) is 76.5 Å². The Labute approximate surface area is 171 Å². The Kier molecular flexibility index (Phi) is 5.53. The van der Waals surface area contributed by atoms with Crippen LogP contribution in [0.4, 0.5) is 0 Å². The molecule has 6 heteroatoms. The number of hydrogen-bond acceptors (Lipinski definition) is 4. The van der Waals surface area contributed by atoms with Gasteiger partial charge >= 0.3 is 0 Å². The Morgan fingerprint density at radius 1 is 1.31 bits per heavy atom. The van der Waals surface area contributed by atoms with Crippen LogP contribution in [0.15, 0.2) is 47.1 Å². The SMILES string of the molecule is Cc1ccccc1CN[C@H]1CCc2c(c(C(=O)N(C)Cc3ccco3)nn2C)C1. The third-order valence-corrected chi connectivity index (χ3v) is 5.82. The molecule has 3 aromatic rings. The third-order valence-electron chi connectivity index (χ3n) is 5.82. The average Bonchev–Trinajstić information content (AvgIpc) is 3.34. The molecule has 1 amide bonds. The molecule has 0 unspecified atom stereocenters. The maximum Gasteiger partial charge on any atom is 0.274 e. The number of aryl methyl sites for hydroxylation is 2. The van der Waals surface area contributed by atoms with E-state index in [9.17, 15) is 4.79 Å². The van der Waals surface area contributed by atoms with Gasteiger partial charge in [-0.2, -0.15) is 5.10 Å². The molecule has 0 fully saturated rings. The molecule has 0 spiro atoms. The van der Waals surface area contributed by atoms with Crippen molar-refractivity contribution in [1.82, 2.24) is 20.0 Å². The van der Waals surface area contributed by atoms with Gasteiger partial charge in [-0.1, -0.05) is 24.3 Å². The van der Waals surface area contributed by atoms with Crippen molar-refractivity contribution in [2.45, 2.75) is 45.3 Å². The number of carbonyl (C=O) groups is 1. The summed E-state index contributed by atoms with van der Waals surface area (Å²) in [7, 11) is 3.73. The lowest BCUT2D eigenvalue weighted by Crippen LogP contribution is -2.35. The minimum absolute atomic E-state index is 0.0576. The van der Waals surface area contributed by atoms with Gasteiger partial charge in [0.2, 0.25) is 0 Å². The van der Waals surface area contributed by atoms with Gasteiger partial charge in [-0.3, -0.25) is 9.48 Å². The van der Waals surface area contributed by atoms with E-state index in [-0.39, 0.29) is 5.91 Å². The Morgan fingerprint density at radius 2 is 2.14 bits per heavy atom. The molecule has 6 nitrogen and oxygen atoms in total. The van der Waals surface area contributed by atoms with E-state index in [1.807, 2.05) is 23.9 Å². The first-order valence-electron chi connectivity index (χ1n) is 10.1. The molecule has 1 aliphatic carbocycles. The van der Waals surface area contributed by atoms with Crippen molar-refractivity contribution in [3.63, 3.8) is 0 Å². The van der Waals surface area contributed by atoms with Crippen LogP contribution in [0.3, 0.4) is 0 Å². The predicted molar refractivity (Wildman–Crippen MR) is 112 cm³/mol. The number of hydrogen-bond donors (Lipinski definition) is 1. The monoisotopic (exact) mass is 392 g/mol. The smallest absolute Gasteiger partial charge is 0.274 e. The van der Waals surface area contributed by atoms with E-state index in [1.54, 1.807) is 18.2 Å². The average molecular weight is 393 g/mol. The molecule has 0 aliphatic heterocycles. The van der Waals surface area contributed by atoms with Crippen LogP contribution >= 0.6 is 0 Å². The van der Waals surface area contributed by atoms with Crippen LogP contribution in [-0.2, 0) is 33.0 Å². The van der Waals surface area contributed by atoms with Crippen LogP contribution < -0.4 is 5.32 Å². The summed E-state index contributed by atoms with van der Waals surface area (Å²) in [6, 6.07) is 12.5. The van der Waals surface area contributed by atoms with Gasteiger partial charge < -0.3 is 14.6 Å². The van der Waals surface area contributed by atoms with E-state index in [0.717, 1.165) is 37.1 Å². The molecular formula is C23H28N4O2. The second-order valence-corrected chi connectivity index (χ2v) is 7.89. The lowest BCUT2D eigenvalue weighted by molar-refractivity contribution is 0.0767. The molecule has 1 N–H and O–H groups in total. The second kappa shape index (κ2) is 8.25. The van der Waals surface area contributed by atoms with Crippen LogP contribution in [0.2, 0.25) is 0 Å². The summed E-state index contributed by atoms with van der Waals surface area (Å²) in [5.41, 5.74) is 5.44. The van der Waals surface area contributed by atoms with Gasteiger partial charge in [0, 0.05) is 37.9 Å². The first kappa shape index (κ1) is 19.5. The van der Waals surface area contributed by atoms with Gasteiger partial charge in [-0.05, 0) is 49.4 Å². The maximum absolute atomic E-state index is 13.1. The zero-order chi connectivity index (χ0) is 20.4. The highest BCUT2D eigenvalue weighted by molar-refractivity contribution is 5.94. The molecule has 1 aromatic carbocycles. The van der Waals surface area contributed by atoms with Gasteiger partial charge in [0.05, 0.1) is 12.8 Å². The fourth-order valence-electron chi connectivity index (χ4n) is 4.09. The quantitative estimate of drug-likeness (QED) is 0.700. The number of furan rings is 1. The predicted octanol–water partition coefficient (Wildman–Crippen LogP) is 3.24. The second-order valence-electron chi connectivity index (χ2n) is 7.89. The van der Waals surface area contributed by atoms with Crippen molar-refractivity contribution >= 4 is 5.91 Å². The number of benzene rings is 1. The highest BCUT2D eigenvalue weighted by Crippen LogP contribution is 2.26. The first-order valence-corrected chi connectivity index (χ1v) is 10.1. The summed E-state index contributed by atoms with van der Waals surface area (Å²) in [6.45, 7) is 3.42. The zero-order valence-electron chi connectivity index (χ0n) is 17.3. The van der Waals surface area contributed by atoms with Crippen LogP contribution in [0.25, 0.3) is 0 Å². The Balaban J connectivity index is 1.47. The Morgan fingerprint density at radius 3 is 2.90 bits per heavy atom. The summed E-state index contributed by atoms with van der Waals surface area (Å²) in [5, 5.41) is 8.26. The molecule has 0 saturated carbocycles. The normalized spacial score (nSPS) is 15.9. The molecule has 29 heavy (non-hydrogen) atoms. The van der Waals surface area contributed by atoms with E-state index < -0.39 is 0 Å². The molecular weight excluding hydrogens is 364 g/mol. The molecule has 1 atom stereocenters. The number of fused-ring (bicyclic) bond motifs is 1. The highest BCUT2D eigenvalue weighted by atomic mass is 16.3. The summed E-state index contributed by atoms with van der Waals surface area (Å²) in [6.07, 6.45) is 4.43. The molecule has 1 aliphatic rings. The zero-order valence-corrected chi connectivity index (χ0v) is 17.3. The van der Waals surface area contributed by atoms with Crippen molar-refractivity contribution < 1.29 is 9.21 Å². The van der Waals surface area contributed by atoms with Crippen molar-refractivity contribution in [2.75, 3.05) is 7.05 Å². The summed E-state index contributed by atoms with van der Waals surface area (Å²) in [5.74, 6) is 0.709. The summed E-state index contributed by atoms with van der Waals surface area (Å²) < 4.78 is 7.26. The first-order chi connectivity index (χ1) is 14.0. The van der Waals surface area contributed by atoms with E-state index >= 15 is 0 Å². The molecule has 0 bridgehead atoms. The minimum Gasteiger partial charge on any atom is -0.467 e. The summed E-state index contributed by atoms with van der Waals surface area (Å²) >= 11 is 0. The van der Waals surface area contributed by atoms with Gasteiger partial charge in [0.25, 0.3) is 5.91 Å². The fourth-order valence-corrected chi connectivity index (χ4v) is 4.09. The van der Waals surface area contributed by atoms with Crippen LogP contribution in [0.1, 0.15) is 45.1 Å². The van der Waals surface area contributed by atoms with Crippen molar-refractivity contribution in [2.24, 2.45) is 7.05 Å². The fraction of sp³-hybridized carbons (Fsp3) is 0.391. The number of nitrogens with zero attached hydrogens (tertiary/aromatic N) is 3. The van der Waals surface area contributed by atoms with Gasteiger partial charge in [-0.15, -0.1) is 0 Å². The van der Waals surface area contributed by atoms with E-state index in [0.29, 0.717) is 18.3 Å². The standard InChI is InChI=1S/C23H28N4O2/c1-16-7-4-5-8-17(16)14-24-18-10-11-21-20(13-18)22(25-27(21)3)23(28)26(2)15-19-9-6-12-29-19/h4-9,12,18,24H,10-11,13-15H2,1-3H3/t18-/m0/s1. The van der Waals surface area contributed by atoms with Crippen molar-refractivity contribution in [3.8, 4) is 0 Å². The molecule has 2 heterocycles. The van der Waals surface area contributed by atoms with Crippen molar-refractivity contribution in [1.29, 1.82) is 0 Å². The number of rotatable bonds is 6. The lowest BCUT2D eigenvalue weighted by atomic mass is 9.91. The van der Waals surface area contributed by atoms with Gasteiger partial charge in [-0.25, -0.2) is 0 Å². The minimum atomic E-state index is -0.0576. The highest BCUT2D eigenvalue weighted by Gasteiger charge is 2.29. The van der Waals surface area contributed by atoms with E-state index in [1.165, 1.54) is 16.8 Å². The summed E-state index contributed by atoms with van der Waals surface area (Å²) in [4.78, 5) is 14.7. The molecule has 0 saturated heterocycles. The molecule has 4 rings (SSSR count). The third kappa shape index (κ3) is 4.12. The number of aromatic nitrogens is 2. The molecule has 152 valence electrons. The maximum atomic E-state index is 13.1. The van der Waals surface area contributed by atoms with E-state index in [4.69, 9.17) is 4.42 Å². The number of amides is 1. The number of nitrogens with one attached hydrogen (secondary N) is 1. The van der Waals surface area contributed by atoms with Gasteiger partial charge in [0.1, 0.15) is 5.76 Å².